The number of rotatable bonds is 4. The van der Waals surface area contributed by atoms with Crippen LogP contribution in [0.4, 0.5) is 13.2 Å². The predicted molar refractivity (Wildman–Crippen MR) is 84.0 cm³/mol. The Labute approximate surface area is 138 Å². The van der Waals surface area contributed by atoms with Crippen LogP contribution in [0.3, 0.4) is 0 Å². The van der Waals surface area contributed by atoms with E-state index in [1.165, 1.54) is 26.4 Å². The molecule has 1 aromatic carbocycles. The van der Waals surface area contributed by atoms with Crippen LogP contribution in [0, 0.1) is 0 Å². The number of carbonyl (C=O) groups excluding carboxylic acids is 1. The molecule has 2 rings (SSSR count). The van der Waals surface area contributed by atoms with E-state index in [0.717, 1.165) is 4.90 Å². The molecule has 0 aliphatic carbocycles. The molecule has 0 aromatic heterocycles. The maximum atomic E-state index is 13.0. The third kappa shape index (κ3) is 4.21. The summed E-state index contributed by atoms with van der Waals surface area (Å²) in [5.41, 5.74) is 0.640. The molecular weight excluding hydrogens is 323 g/mol. The molecule has 24 heavy (non-hydrogen) atoms. The zero-order valence-electron chi connectivity index (χ0n) is 13.6. The van der Waals surface area contributed by atoms with Gasteiger partial charge in [0.2, 0.25) is 5.91 Å². The predicted octanol–water partition coefficient (Wildman–Crippen LogP) is 3.66. The van der Waals surface area contributed by atoms with Crippen molar-refractivity contribution in [3.8, 4) is 11.5 Å². The minimum atomic E-state index is -4.40. The lowest BCUT2D eigenvalue weighted by Gasteiger charge is -2.36. The molecule has 0 spiro atoms. The van der Waals surface area contributed by atoms with Crippen molar-refractivity contribution < 1.29 is 27.4 Å². The number of halogens is 3. The molecule has 4 nitrogen and oxygen atoms in total. The maximum Gasteiger partial charge on any atom is 0.408 e. The number of hydrogen-bond acceptors (Lipinski definition) is 3. The molecule has 1 amide bonds. The lowest BCUT2D eigenvalue weighted by atomic mass is 10.0. The highest BCUT2D eigenvalue weighted by molar-refractivity contribution is 5.92. The number of amides is 1. The second kappa shape index (κ2) is 7.59. The Morgan fingerprint density at radius 3 is 2.54 bits per heavy atom. The topological polar surface area (TPSA) is 38.8 Å². The average molecular weight is 343 g/mol. The molecule has 0 saturated carbocycles. The number of benzene rings is 1. The van der Waals surface area contributed by atoms with Gasteiger partial charge in [-0.1, -0.05) is 6.07 Å². The van der Waals surface area contributed by atoms with Crippen molar-refractivity contribution in [1.29, 1.82) is 0 Å². The smallest absolute Gasteiger partial charge is 0.408 e. The van der Waals surface area contributed by atoms with Crippen molar-refractivity contribution in [2.75, 3.05) is 20.8 Å². The van der Waals surface area contributed by atoms with E-state index < -0.39 is 18.1 Å². The van der Waals surface area contributed by atoms with Gasteiger partial charge in [0.05, 0.1) is 14.2 Å². The molecule has 1 fully saturated rings. The van der Waals surface area contributed by atoms with Crippen LogP contribution in [0.1, 0.15) is 24.8 Å². The van der Waals surface area contributed by atoms with Gasteiger partial charge in [0, 0.05) is 12.6 Å². The molecule has 0 bridgehead atoms. The van der Waals surface area contributed by atoms with Crippen LogP contribution in [-0.2, 0) is 4.79 Å². The molecule has 7 heteroatoms. The first-order valence-electron chi connectivity index (χ1n) is 7.64. The molecule has 132 valence electrons. The Hall–Kier alpha value is -2.18. The number of likely N-dealkylation sites (tertiary alicyclic amines) is 1. The summed E-state index contributed by atoms with van der Waals surface area (Å²) in [7, 11) is 2.99. The fourth-order valence-corrected chi connectivity index (χ4v) is 2.76. The van der Waals surface area contributed by atoms with Crippen LogP contribution in [0.15, 0.2) is 24.3 Å². The molecular formula is C17H20F3NO3. The van der Waals surface area contributed by atoms with Gasteiger partial charge in [-0.15, -0.1) is 0 Å². The first kappa shape index (κ1) is 18.2. The first-order chi connectivity index (χ1) is 11.4. The van der Waals surface area contributed by atoms with Crippen LogP contribution in [-0.4, -0.2) is 43.8 Å². The summed E-state index contributed by atoms with van der Waals surface area (Å²) in [4.78, 5) is 13.1. The summed E-state index contributed by atoms with van der Waals surface area (Å²) in [6, 6.07) is 3.32. The molecule has 1 saturated heterocycles. The van der Waals surface area contributed by atoms with Gasteiger partial charge in [-0.2, -0.15) is 13.2 Å². The molecule has 0 N–H and O–H groups in total. The minimum Gasteiger partial charge on any atom is -0.493 e. The number of carbonyl (C=O) groups is 1. The number of alkyl halides is 3. The zero-order valence-corrected chi connectivity index (χ0v) is 13.6. The quantitative estimate of drug-likeness (QED) is 0.783. The summed E-state index contributed by atoms with van der Waals surface area (Å²) in [5, 5.41) is 0. The third-order valence-corrected chi connectivity index (χ3v) is 3.99. The number of hydrogen-bond donors (Lipinski definition) is 0. The van der Waals surface area contributed by atoms with E-state index in [-0.39, 0.29) is 13.0 Å². The number of piperidine rings is 1. The Bertz CT molecular complexity index is 614. The molecule has 1 atom stereocenters. The highest BCUT2D eigenvalue weighted by Gasteiger charge is 2.45. The van der Waals surface area contributed by atoms with E-state index in [1.54, 1.807) is 18.2 Å². The molecule has 1 aliphatic heterocycles. The Morgan fingerprint density at radius 2 is 1.92 bits per heavy atom. The standard InChI is InChI=1S/C17H20F3NO3/c1-23-13-8-6-12(11-14(13)24-2)7-9-16(22)21-10-4-3-5-15(21)17(18,19)20/h6-9,11,15H,3-5,10H2,1-2H3. The van der Waals surface area contributed by atoms with Crippen LogP contribution < -0.4 is 9.47 Å². The fraction of sp³-hybridized carbons (Fsp3) is 0.471. The van der Waals surface area contributed by atoms with E-state index in [9.17, 15) is 18.0 Å². The number of methoxy groups -OCH3 is 2. The van der Waals surface area contributed by atoms with E-state index in [2.05, 4.69) is 0 Å². The molecule has 1 aromatic rings. The summed E-state index contributed by atoms with van der Waals surface area (Å²) >= 11 is 0. The highest BCUT2D eigenvalue weighted by atomic mass is 19.4. The van der Waals surface area contributed by atoms with Crippen molar-refractivity contribution in [3.05, 3.63) is 29.8 Å². The van der Waals surface area contributed by atoms with Crippen LogP contribution >= 0.6 is 0 Å². The molecule has 1 aliphatic rings. The Kier molecular flexibility index (Phi) is 5.75. The normalized spacial score (nSPS) is 18.7. The largest absolute Gasteiger partial charge is 0.493 e. The van der Waals surface area contributed by atoms with Crippen molar-refractivity contribution in [1.82, 2.24) is 4.90 Å². The van der Waals surface area contributed by atoms with Gasteiger partial charge in [-0.3, -0.25) is 4.79 Å². The van der Waals surface area contributed by atoms with Gasteiger partial charge < -0.3 is 14.4 Å². The van der Waals surface area contributed by atoms with Crippen molar-refractivity contribution >= 4 is 12.0 Å². The van der Waals surface area contributed by atoms with Crippen LogP contribution in [0.2, 0.25) is 0 Å². The lowest BCUT2D eigenvalue weighted by molar-refractivity contribution is -0.193. The van der Waals surface area contributed by atoms with E-state index in [0.29, 0.717) is 29.9 Å². The zero-order chi connectivity index (χ0) is 17.7. The van der Waals surface area contributed by atoms with Crippen molar-refractivity contribution in [2.45, 2.75) is 31.5 Å². The van der Waals surface area contributed by atoms with Crippen LogP contribution in [0.25, 0.3) is 6.08 Å². The minimum absolute atomic E-state index is 0.0422. The SMILES string of the molecule is COc1ccc(C=CC(=O)N2CCCCC2C(F)(F)F)cc1OC. The number of nitrogens with zero attached hydrogens (tertiary/aromatic N) is 1. The fourth-order valence-electron chi connectivity index (χ4n) is 2.76. The van der Waals surface area contributed by atoms with Gasteiger partial charge in [-0.05, 0) is 43.0 Å². The summed E-state index contributed by atoms with van der Waals surface area (Å²) < 4.78 is 49.4. The maximum absolute atomic E-state index is 13.0. The summed E-state index contributed by atoms with van der Waals surface area (Å²) in [6.07, 6.45) is -0.722. The Balaban J connectivity index is 2.14. The van der Waals surface area contributed by atoms with E-state index in [1.807, 2.05) is 0 Å². The molecule has 1 unspecified atom stereocenters. The molecule has 1 heterocycles. The lowest BCUT2D eigenvalue weighted by Crippen LogP contribution is -2.50. The Morgan fingerprint density at radius 1 is 1.21 bits per heavy atom. The van der Waals surface area contributed by atoms with E-state index >= 15 is 0 Å². The van der Waals surface area contributed by atoms with Gasteiger partial charge >= 0.3 is 6.18 Å². The second-order valence-electron chi connectivity index (χ2n) is 5.53. The third-order valence-electron chi connectivity index (χ3n) is 3.99. The van der Waals surface area contributed by atoms with Gasteiger partial charge in [0.15, 0.2) is 11.5 Å². The van der Waals surface area contributed by atoms with Gasteiger partial charge in [0.1, 0.15) is 6.04 Å². The van der Waals surface area contributed by atoms with Crippen LogP contribution in [0.5, 0.6) is 11.5 Å². The summed E-state index contributed by atoms with van der Waals surface area (Å²) in [5.74, 6) is 0.388. The monoisotopic (exact) mass is 343 g/mol. The summed E-state index contributed by atoms with van der Waals surface area (Å²) in [6.45, 7) is 0.124. The molecule has 0 radical (unpaired) electrons. The van der Waals surface area contributed by atoms with Gasteiger partial charge in [-0.25, -0.2) is 0 Å². The van der Waals surface area contributed by atoms with Crippen molar-refractivity contribution in [3.63, 3.8) is 0 Å². The average Bonchev–Trinajstić information content (AvgIpc) is 2.58. The second-order valence-corrected chi connectivity index (χ2v) is 5.53. The van der Waals surface area contributed by atoms with Crippen molar-refractivity contribution in [2.24, 2.45) is 0 Å². The number of ether oxygens (including phenoxy) is 2. The first-order valence-corrected chi connectivity index (χ1v) is 7.64. The highest BCUT2D eigenvalue weighted by Crippen LogP contribution is 2.32. The van der Waals surface area contributed by atoms with E-state index in [4.69, 9.17) is 9.47 Å². The van der Waals surface area contributed by atoms with Gasteiger partial charge in [0.25, 0.3) is 0 Å².